The highest BCUT2D eigenvalue weighted by Crippen LogP contribution is 2.52. The predicted octanol–water partition coefficient (Wildman–Crippen LogP) is 1.27. The fraction of sp³-hybridized carbons (Fsp3) is 1.00. The SMILES string of the molecule is OCC1CC2CC(CO)C1C2.OCC1CC2CC(CO)C1C2. The first-order valence-electron chi connectivity index (χ1n) is 9.13. The predicted molar refractivity (Wildman–Crippen MR) is 84.0 cm³/mol. The number of fused-ring (bicyclic) bond motifs is 4. The molecule has 4 heteroatoms. The summed E-state index contributed by atoms with van der Waals surface area (Å²) in [6.45, 7) is 1.32. The minimum absolute atomic E-state index is 0.331. The Labute approximate surface area is 133 Å². The summed E-state index contributed by atoms with van der Waals surface area (Å²) in [5.74, 6) is 4.92. The van der Waals surface area contributed by atoms with Crippen LogP contribution in [0.1, 0.15) is 38.5 Å². The molecular formula is C18H32O4. The van der Waals surface area contributed by atoms with Gasteiger partial charge in [-0.15, -0.1) is 0 Å². The van der Waals surface area contributed by atoms with Crippen LogP contribution in [0.2, 0.25) is 0 Å². The summed E-state index contributed by atoms with van der Waals surface area (Å²) < 4.78 is 0. The first kappa shape index (κ1) is 16.7. The maximum Gasteiger partial charge on any atom is 0.0462 e. The van der Waals surface area contributed by atoms with Crippen molar-refractivity contribution in [2.75, 3.05) is 26.4 Å². The highest BCUT2D eigenvalue weighted by atomic mass is 16.3. The summed E-state index contributed by atoms with van der Waals surface area (Å²) in [6.07, 6.45) is 7.34. The van der Waals surface area contributed by atoms with E-state index in [9.17, 15) is 0 Å². The zero-order chi connectivity index (χ0) is 15.7. The van der Waals surface area contributed by atoms with Crippen molar-refractivity contribution in [1.82, 2.24) is 0 Å². The van der Waals surface area contributed by atoms with E-state index in [-0.39, 0.29) is 0 Å². The monoisotopic (exact) mass is 312 g/mol. The van der Waals surface area contributed by atoms with Gasteiger partial charge in [0, 0.05) is 26.4 Å². The fourth-order valence-electron chi connectivity index (χ4n) is 6.14. The molecule has 0 aliphatic heterocycles. The van der Waals surface area contributed by atoms with Crippen molar-refractivity contribution >= 4 is 0 Å². The van der Waals surface area contributed by atoms with Gasteiger partial charge in [-0.1, -0.05) is 0 Å². The maximum atomic E-state index is 9.02. The van der Waals surface area contributed by atoms with Gasteiger partial charge in [-0.2, -0.15) is 0 Å². The summed E-state index contributed by atoms with van der Waals surface area (Å²) in [5, 5.41) is 36.1. The van der Waals surface area contributed by atoms with Crippen LogP contribution in [0.5, 0.6) is 0 Å². The highest BCUT2D eigenvalue weighted by molar-refractivity contribution is 4.95. The Balaban J connectivity index is 0.000000131. The molecule has 0 aromatic heterocycles. The third-order valence-corrected chi connectivity index (χ3v) is 7.12. The van der Waals surface area contributed by atoms with Crippen LogP contribution in [0.15, 0.2) is 0 Å². The van der Waals surface area contributed by atoms with Crippen LogP contribution in [0, 0.1) is 47.3 Å². The van der Waals surface area contributed by atoms with Crippen LogP contribution >= 0.6 is 0 Å². The van der Waals surface area contributed by atoms with E-state index in [0.29, 0.717) is 61.9 Å². The zero-order valence-corrected chi connectivity index (χ0v) is 13.5. The van der Waals surface area contributed by atoms with Crippen LogP contribution in [0.25, 0.3) is 0 Å². The zero-order valence-electron chi connectivity index (χ0n) is 13.5. The molecule has 4 unspecified atom stereocenters. The van der Waals surface area contributed by atoms with Crippen LogP contribution < -0.4 is 0 Å². The second-order valence-corrected chi connectivity index (χ2v) is 8.24. The van der Waals surface area contributed by atoms with E-state index in [1.807, 2.05) is 0 Å². The molecule has 4 aliphatic rings. The molecule has 0 aromatic carbocycles. The van der Waals surface area contributed by atoms with Crippen LogP contribution in [0.4, 0.5) is 0 Å². The number of rotatable bonds is 4. The summed E-state index contributed by atoms with van der Waals surface area (Å²) in [4.78, 5) is 0. The smallest absolute Gasteiger partial charge is 0.0462 e. The van der Waals surface area contributed by atoms with Gasteiger partial charge in [-0.3, -0.25) is 0 Å². The first-order valence-corrected chi connectivity index (χ1v) is 9.13. The second-order valence-electron chi connectivity index (χ2n) is 8.24. The minimum Gasteiger partial charge on any atom is -0.396 e. The molecule has 128 valence electrons. The van der Waals surface area contributed by atoms with Gasteiger partial charge >= 0.3 is 0 Å². The number of hydrogen-bond donors (Lipinski definition) is 4. The maximum absolute atomic E-state index is 9.02. The number of aliphatic hydroxyl groups excluding tert-OH is 4. The van der Waals surface area contributed by atoms with Gasteiger partial charge in [0.15, 0.2) is 0 Å². The Kier molecular flexibility index (Phi) is 5.43. The first-order chi connectivity index (χ1) is 10.7. The molecule has 0 radical (unpaired) electrons. The summed E-state index contributed by atoms with van der Waals surface area (Å²) in [6, 6.07) is 0. The van der Waals surface area contributed by atoms with Crippen molar-refractivity contribution in [2.24, 2.45) is 47.3 Å². The molecule has 0 aromatic rings. The van der Waals surface area contributed by atoms with E-state index in [4.69, 9.17) is 20.4 Å². The Bertz CT molecular complexity index is 299. The van der Waals surface area contributed by atoms with Crippen molar-refractivity contribution in [1.29, 1.82) is 0 Å². The molecule has 0 saturated heterocycles. The molecule has 4 aliphatic carbocycles. The van der Waals surface area contributed by atoms with Crippen molar-refractivity contribution in [2.45, 2.75) is 38.5 Å². The molecule has 4 bridgehead atoms. The molecule has 0 heterocycles. The molecule has 22 heavy (non-hydrogen) atoms. The van der Waals surface area contributed by atoms with Crippen LogP contribution in [-0.4, -0.2) is 46.9 Å². The van der Waals surface area contributed by atoms with Gasteiger partial charge in [0.1, 0.15) is 0 Å². The van der Waals surface area contributed by atoms with Crippen LogP contribution in [0.3, 0.4) is 0 Å². The lowest BCUT2D eigenvalue weighted by Gasteiger charge is -2.26. The normalized spacial score (nSPS) is 48.5. The lowest BCUT2D eigenvalue weighted by atomic mass is 9.81. The van der Waals surface area contributed by atoms with Crippen molar-refractivity contribution in [3.8, 4) is 0 Å². The topological polar surface area (TPSA) is 80.9 Å². The number of hydrogen-bond acceptors (Lipinski definition) is 4. The average Bonchev–Trinajstić information content (AvgIpc) is 3.32. The van der Waals surface area contributed by atoms with Gasteiger partial charge in [0.05, 0.1) is 0 Å². The summed E-state index contributed by atoms with van der Waals surface area (Å²) >= 11 is 0. The van der Waals surface area contributed by atoms with Gasteiger partial charge < -0.3 is 20.4 Å². The fourth-order valence-corrected chi connectivity index (χ4v) is 6.14. The van der Waals surface area contributed by atoms with Crippen molar-refractivity contribution in [3.05, 3.63) is 0 Å². The third kappa shape index (κ3) is 3.08. The Morgan fingerprint density at radius 3 is 0.909 bits per heavy atom. The van der Waals surface area contributed by atoms with E-state index >= 15 is 0 Å². The largest absolute Gasteiger partial charge is 0.396 e. The molecule has 4 saturated carbocycles. The standard InChI is InChI=1S/2C9H16O2/c2*10-4-7-1-6-2-8(5-11)9(7)3-6/h2*6-11H,1-5H2. The van der Waals surface area contributed by atoms with Crippen LogP contribution in [-0.2, 0) is 0 Å². The lowest BCUT2D eigenvalue weighted by molar-refractivity contribution is 0.103. The molecule has 4 fully saturated rings. The lowest BCUT2D eigenvalue weighted by Crippen LogP contribution is -2.24. The minimum atomic E-state index is 0.331. The Morgan fingerprint density at radius 2 is 0.727 bits per heavy atom. The van der Waals surface area contributed by atoms with Gasteiger partial charge in [0.2, 0.25) is 0 Å². The quantitative estimate of drug-likeness (QED) is 0.630. The van der Waals surface area contributed by atoms with Crippen molar-refractivity contribution < 1.29 is 20.4 Å². The van der Waals surface area contributed by atoms with E-state index in [1.54, 1.807) is 0 Å². The Hall–Kier alpha value is -0.160. The summed E-state index contributed by atoms with van der Waals surface area (Å²) in [5.41, 5.74) is 0. The molecule has 4 atom stereocenters. The van der Waals surface area contributed by atoms with Gasteiger partial charge in [-0.05, 0) is 85.9 Å². The highest BCUT2D eigenvalue weighted by Gasteiger charge is 2.45. The molecule has 0 spiro atoms. The second kappa shape index (κ2) is 7.16. The molecule has 0 amide bonds. The third-order valence-electron chi connectivity index (χ3n) is 7.12. The molecular weight excluding hydrogens is 280 g/mol. The van der Waals surface area contributed by atoms with E-state index in [0.717, 1.165) is 11.8 Å². The average molecular weight is 312 g/mol. The van der Waals surface area contributed by atoms with E-state index < -0.39 is 0 Å². The molecule has 4 rings (SSSR count). The molecule has 4 N–H and O–H groups in total. The number of aliphatic hydroxyl groups is 4. The van der Waals surface area contributed by atoms with Crippen molar-refractivity contribution in [3.63, 3.8) is 0 Å². The van der Waals surface area contributed by atoms with Gasteiger partial charge in [0.25, 0.3) is 0 Å². The molecule has 4 nitrogen and oxygen atoms in total. The summed E-state index contributed by atoms with van der Waals surface area (Å²) in [7, 11) is 0. The van der Waals surface area contributed by atoms with E-state index in [1.165, 1.54) is 38.5 Å². The van der Waals surface area contributed by atoms with E-state index in [2.05, 4.69) is 0 Å². The Morgan fingerprint density at radius 1 is 0.455 bits per heavy atom. The van der Waals surface area contributed by atoms with Gasteiger partial charge in [-0.25, -0.2) is 0 Å².